The average Bonchev–Trinajstić information content (AvgIpc) is 3.30. The van der Waals surface area contributed by atoms with Gasteiger partial charge in [-0.2, -0.15) is 0 Å². The van der Waals surface area contributed by atoms with Crippen LogP contribution in [0.15, 0.2) is 41.8 Å². The fourth-order valence-corrected chi connectivity index (χ4v) is 4.04. The minimum Gasteiger partial charge on any atom is -0.385 e. The molecule has 4 rings (SSSR count). The lowest BCUT2D eigenvalue weighted by molar-refractivity contribution is -0.0286. The van der Waals surface area contributed by atoms with Crippen LogP contribution in [0, 0.1) is 5.82 Å². The third-order valence-electron chi connectivity index (χ3n) is 4.90. The molecule has 3 heterocycles. The topological polar surface area (TPSA) is 67.1 Å². The Labute approximate surface area is 154 Å². The van der Waals surface area contributed by atoms with E-state index in [9.17, 15) is 9.50 Å². The van der Waals surface area contributed by atoms with Crippen molar-refractivity contribution in [3.63, 3.8) is 0 Å². The van der Waals surface area contributed by atoms with Crippen molar-refractivity contribution in [2.75, 3.05) is 13.1 Å². The third kappa shape index (κ3) is 3.67. The largest absolute Gasteiger partial charge is 0.385 e. The summed E-state index contributed by atoms with van der Waals surface area (Å²) >= 11 is 1.68. The highest BCUT2D eigenvalue weighted by Crippen LogP contribution is 2.33. The minimum absolute atomic E-state index is 0.314. The summed E-state index contributed by atoms with van der Waals surface area (Å²) in [4.78, 5) is 3.43. The molecule has 0 atom stereocenters. The summed E-state index contributed by atoms with van der Waals surface area (Å²) in [6.45, 7) is 2.72. The molecule has 1 saturated heterocycles. The highest BCUT2D eigenvalue weighted by atomic mass is 32.1. The Hall–Kier alpha value is -2.16. The van der Waals surface area contributed by atoms with Crippen LogP contribution >= 0.6 is 11.3 Å². The zero-order chi connectivity index (χ0) is 18.0. The smallest absolute Gasteiger partial charge is 0.165 e. The van der Waals surface area contributed by atoms with Gasteiger partial charge in [0, 0.05) is 18.0 Å². The molecule has 0 amide bonds. The van der Waals surface area contributed by atoms with Crippen LogP contribution in [-0.2, 0) is 18.7 Å². The van der Waals surface area contributed by atoms with Gasteiger partial charge in [0.25, 0.3) is 0 Å². The fourth-order valence-electron chi connectivity index (χ4n) is 3.36. The van der Waals surface area contributed by atoms with Crippen LogP contribution in [0.2, 0.25) is 0 Å². The SMILES string of the molecule is OC1(c2cccc(F)c2)CCN(Cc2nnnn2Cc2cccs2)CC1. The molecule has 1 fully saturated rings. The Morgan fingerprint density at radius 1 is 1.15 bits per heavy atom. The van der Waals surface area contributed by atoms with E-state index < -0.39 is 5.60 Å². The molecule has 3 aromatic rings. The van der Waals surface area contributed by atoms with Gasteiger partial charge in [-0.1, -0.05) is 18.2 Å². The van der Waals surface area contributed by atoms with Gasteiger partial charge < -0.3 is 5.11 Å². The molecule has 0 saturated carbocycles. The second-order valence-electron chi connectivity index (χ2n) is 6.65. The standard InChI is InChI=1S/C18H20FN5OS/c19-15-4-1-3-14(11-15)18(25)6-8-23(9-7-18)13-17-20-21-22-24(17)12-16-5-2-10-26-16/h1-5,10-11,25H,6-9,12-13H2. The van der Waals surface area contributed by atoms with E-state index in [-0.39, 0.29) is 5.82 Å². The van der Waals surface area contributed by atoms with Crippen molar-refractivity contribution in [1.29, 1.82) is 0 Å². The molecule has 136 valence electrons. The van der Waals surface area contributed by atoms with Crippen molar-refractivity contribution in [3.8, 4) is 0 Å². The van der Waals surface area contributed by atoms with Crippen molar-refractivity contribution in [2.45, 2.75) is 31.5 Å². The highest BCUT2D eigenvalue weighted by molar-refractivity contribution is 7.09. The molecule has 2 aromatic heterocycles. The molecule has 1 aliphatic heterocycles. The number of aliphatic hydroxyl groups is 1. The summed E-state index contributed by atoms with van der Waals surface area (Å²) in [5.41, 5.74) is -0.318. The maximum absolute atomic E-state index is 13.5. The number of piperidine rings is 1. The van der Waals surface area contributed by atoms with E-state index in [2.05, 4.69) is 26.5 Å². The van der Waals surface area contributed by atoms with Gasteiger partial charge in [-0.25, -0.2) is 9.07 Å². The summed E-state index contributed by atoms with van der Waals surface area (Å²) in [6.07, 6.45) is 1.12. The maximum atomic E-state index is 13.5. The first kappa shape index (κ1) is 17.3. The van der Waals surface area contributed by atoms with Gasteiger partial charge in [0.2, 0.25) is 0 Å². The van der Waals surface area contributed by atoms with E-state index in [1.165, 1.54) is 17.0 Å². The van der Waals surface area contributed by atoms with Crippen LogP contribution < -0.4 is 0 Å². The van der Waals surface area contributed by atoms with Gasteiger partial charge in [0.05, 0.1) is 18.7 Å². The van der Waals surface area contributed by atoms with E-state index in [0.717, 1.165) is 5.82 Å². The summed E-state index contributed by atoms with van der Waals surface area (Å²) in [5.74, 6) is 0.501. The second kappa shape index (κ2) is 7.22. The third-order valence-corrected chi connectivity index (χ3v) is 5.76. The molecule has 0 aliphatic carbocycles. The number of hydrogen-bond donors (Lipinski definition) is 1. The van der Waals surface area contributed by atoms with Gasteiger partial charge in [-0.3, -0.25) is 4.90 Å². The Balaban J connectivity index is 1.39. The summed E-state index contributed by atoms with van der Waals surface area (Å²) in [5, 5.41) is 25.0. The highest BCUT2D eigenvalue weighted by Gasteiger charge is 2.34. The van der Waals surface area contributed by atoms with E-state index in [4.69, 9.17) is 0 Å². The quantitative estimate of drug-likeness (QED) is 0.744. The van der Waals surface area contributed by atoms with Gasteiger partial charge in [0.15, 0.2) is 5.82 Å². The van der Waals surface area contributed by atoms with Crippen molar-refractivity contribution in [3.05, 3.63) is 63.9 Å². The fraction of sp³-hybridized carbons (Fsp3) is 0.389. The van der Waals surface area contributed by atoms with Gasteiger partial charge in [-0.15, -0.1) is 16.4 Å². The van der Waals surface area contributed by atoms with Crippen LogP contribution in [-0.4, -0.2) is 43.3 Å². The first-order chi connectivity index (χ1) is 12.6. The first-order valence-electron chi connectivity index (χ1n) is 8.61. The number of hydrogen-bond acceptors (Lipinski definition) is 6. The second-order valence-corrected chi connectivity index (χ2v) is 7.68. The van der Waals surface area contributed by atoms with Crippen LogP contribution in [0.5, 0.6) is 0 Å². The van der Waals surface area contributed by atoms with E-state index in [1.807, 2.05) is 16.1 Å². The van der Waals surface area contributed by atoms with Crippen LogP contribution in [0.1, 0.15) is 29.1 Å². The Morgan fingerprint density at radius 3 is 2.73 bits per heavy atom. The molecule has 1 aromatic carbocycles. The summed E-state index contributed by atoms with van der Waals surface area (Å²) < 4.78 is 15.3. The number of nitrogens with zero attached hydrogens (tertiary/aromatic N) is 5. The van der Waals surface area contributed by atoms with Crippen molar-refractivity contribution < 1.29 is 9.50 Å². The molecule has 0 bridgehead atoms. The molecule has 26 heavy (non-hydrogen) atoms. The Kier molecular flexibility index (Phi) is 4.80. The number of benzene rings is 1. The zero-order valence-corrected chi connectivity index (χ0v) is 15.1. The summed E-state index contributed by atoms with van der Waals surface area (Å²) in [6, 6.07) is 10.3. The number of tetrazole rings is 1. The predicted molar refractivity (Wildman–Crippen MR) is 96.0 cm³/mol. The Morgan fingerprint density at radius 2 is 2.00 bits per heavy atom. The zero-order valence-electron chi connectivity index (χ0n) is 14.3. The average molecular weight is 373 g/mol. The maximum Gasteiger partial charge on any atom is 0.165 e. The van der Waals surface area contributed by atoms with Crippen LogP contribution in [0.25, 0.3) is 0 Å². The number of halogens is 1. The molecule has 8 heteroatoms. The molecule has 0 radical (unpaired) electrons. The molecule has 0 spiro atoms. The predicted octanol–water partition coefficient (Wildman–Crippen LogP) is 2.41. The van der Waals surface area contributed by atoms with Crippen LogP contribution in [0.4, 0.5) is 4.39 Å². The van der Waals surface area contributed by atoms with Gasteiger partial charge in [-0.05, 0) is 52.4 Å². The monoisotopic (exact) mass is 373 g/mol. The van der Waals surface area contributed by atoms with E-state index in [1.54, 1.807) is 23.5 Å². The minimum atomic E-state index is -0.971. The molecular weight excluding hydrogens is 353 g/mol. The van der Waals surface area contributed by atoms with E-state index in [0.29, 0.717) is 44.6 Å². The molecular formula is C18H20FN5OS. The van der Waals surface area contributed by atoms with Crippen LogP contribution in [0.3, 0.4) is 0 Å². The van der Waals surface area contributed by atoms with E-state index >= 15 is 0 Å². The van der Waals surface area contributed by atoms with Gasteiger partial charge >= 0.3 is 0 Å². The summed E-state index contributed by atoms with van der Waals surface area (Å²) in [7, 11) is 0. The lowest BCUT2D eigenvalue weighted by atomic mass is 9.84. The molecule has 6 nitrogen and oxygen atoms in total. The molecule has 1 N–H and O–H groups in total. The van der Waals surface area contributed by atoms with Crippen molar-refractivity contribution in [1.82, 2.24) is 25.1 Å². The molecule has 1 aliphatic rings. The normalized spacial score (nSPS) is 17.5. The van der Waals surface area contributed by atoms with Gasteiger partial charge in [0.1, 0.15) is 5.82 Å². The first-order valence-corrected chi connectivity index (χ1v) is 9.49. The lowest BCUT2D eigenvalue weighted by Gasteiger charge is -2.38. The number of rotatable bonds is 5. The molecule has 0 unspecified atom stereocenters. The van der Waals surface area contributed by atoms with Crippen molar-refractivity contribution in [2.24, 2.45) is 0 Å². The number of thiophene rings is 1. The number of aromatic nitrogens is 4. The Bertz CT molecular complexity index is 858. The lowest BCUT2D eigenvalue weighted by Crippen LogP contribution is -2.42. The number of likely N-dealkylation sites (tertiary alicyclic amines) is 1. The van der Waals surface area contributed by atoms with Crippen molar-refractivity contribution >= 4 is 11.3 Å².